The van der Waals surface area contributed by atoms with Crippen LogP contribution in [0.25, 0.3) is 22.3 Å². The zero-order valence-corrected chi connectivity index (χ0v) is 24.4. The Hall–Kier alpha value is -4.55. The Labute approximate surface area is 246 Å². The summed E-state index contributed by atoms with van der Waals surface area (Å²) in [7, 11) is 0. The number of pyridine rings is 1. The van der Waals surface area contributed by atoms with E-state index < -0.39 is 5.54 Å². The summed E-state index contributed by atoms with van der Waals surface area (Å²) in [6, 6.07) is 35.4. The second-order valence-electron chi connectivity index (χ2n) is 9.65. The van der Waals surface area contributed by atoms with Crippen LogP contribution in [0.4, 0.5) is 5.82 Å². The number of benzene rings is 3. The molecular weight excluding hydrogens is 528 g/mol. The molecule has 0 bridgehead atoms. The van der Waals surface area contributed by atoms with Gasteiger partial charge < -0.3 is 5.32 Å². The Balaban J connectivity index is 0.00000165. The minimum atomic E-state index is -0.798. The van der Waals surface area contributed by atoms with Crippen LogP contribution in [0.3, 0.4) is 0 Å². The molecule has 206 valence electrons. The first-order chi connectivity index (χ1) is 20.1. The number of nitrogens with one attached hydrogen (secondary N) is 1. The maximum absolute atomic E-state index is 6.34. The van der Waals surface area contributed by atoms with Gasteiger partial charge in [0.15, 0.2) is 0 Å². The Morgan fingerprint density at radius 1 is 0.732 bits per heavy atom. The van der Waals surface area contributed by atoms with Crippen molar-refractivity contribution < 1.29 is 0 Å². The molecule has 0 spiro atoms. The van der Waals surface area contributed by atoms with Crippen molar-refractivity contribution in [2.75, 3.05) is 5.32 Å². The van der Waals surface area contributed by atoms with E-state index in [1.54, 1.807) is 6.07 Å². The highest BCUT2D eigenvalue weighted by Crippen LogP contribution is 2.44. The number of hydrogen-bond donors (Lipinski definition) is 1. The fourth-order valence-corrected chi connectivity index (χ4v) is 5.40. The van der Waals surface area contributed by atoms with E-state index in [2.05, 4.69) is 107 Å². The molecule has 1 N–H and O–H groups in total. The van der Waals surface area contributed by atoms with Crippen molar-refractivity contribution in [2.45, 2.75) is 39.3 Å². The Morgan fingerprint density at radius 3 is 1.76 bits per heavy atom. The van der Waals surface area contributed by atoms with Gasteiger partial charge in [0, 0.05) is 18.3 Å². The van der Waals surface area contributed by atoms with Crippen LogP contribution in [0.2, 0.25) is 5.15 Å². The summed E-state index contributed by atoms with van der Waals surface area (Å²) in [5.74, 6) is 0.738. The number of anilines is 1. The van der Waals surface area contributed by atoms with Gasteiger partial charge >= 0.3 is 0 Å². The first kappa shape index (κ1) is 28.0. The first-order valence-electron chi connectivity index (χ1n) is 13.9. The summed E-state index contributed by atoms with van der Waals surface area (Å²) >= 11 is 6.34. The van der Waals surface area contributed by atoms with Crippen LogP contribution in [-0.4, -0.2) is 30.8 Å². The standard InChI is InChI=1S/C32H27ClN6.C2H6/c1-22(2)37-31-29-27(18-19-34-31)39(38-30(29)26-20-28(33)36-21-35-26)32(23-12-6-3-7-13-23,24-14-8-4-9-15-24)25-16-10-5-11-17-25;1-2/h3-22H,1-2H3,(H,34,37);1-2H3. The van der Waals surface area contributed by atoms with E-state index in [1.165, 1.54) is 6.33 Å². The molecule has 0 aliphatic heterocycles. The predicted molar refractivity (Wildman–Crippen MR) is 168 cm³/mol. The van der Waals surface area contributed by atoms with E-state index in [0.29, 0.717) is 16.5 Å². The summed E-state index contributed by atoms with van der Waals surface area (Å²) in [6.07, 6.45) is 3.29. The van der Waals surface area contributed by atoms with E-state index in [0.717, 1.165) is 33.4 Å². The zero-order chi connectivity index (χ0) is 28.8. The highest BCUT2D eigenvalue weighted by molar-refractivity contribution is 6.29. The monoisotopic (exact) mass is 560 g/mol. The SMILES string of the molecule is CC.CC(C)Nc1nccc2c1c(-c1cc(Cl)ncn1)nn2C(c1ccccc1)(c1ccccc1)c1ccccc1. The molecule has 7 heteroatoms. The lowest BCUT2D eigenvalue weighted by Crippen LogP contribution is -2.38. The number of rotatable bonds is 7. The lowest BCUT2D eigenvalue weighted by atomic mass is 9.77. The molecule has 3 heterocycles. The van der Waals surface area contributed by atoms with Crippen LogP contribution in [0.5, 0.6) is 0 Å². The van der Waals surface area contributed by atoms with Crippen molar-refractivity contribution >= 4 is 28.3 Å². The quantitative estimate of drug-likeness (QED) is 0.157. The van der Waals surface area contributed by atoms with E-state index >= 15 is 0 Å². The smallest absolute Gasteiger partial charge is 0.138 e. The molecule has 3 aromatic heterocycles. The number of hydrogen-bond acceptors (Lipinski definition) is 5. The van der Waals surface area contributed by atoms with Crippen LogP contribution in [0.15, 0.2) is 116 Å². The third-order valence-electron chi connectivity index (χ3n) is 6.79. The molecule has 0 saturated carbocycles. The minimum absolute atomic E-state index is 0.162. The topological polar surface area (TPSA) is 68.5 Å². The molecule has 3 aromatic carbocycles. The van der Waals surface area contributed by atoms with Gasteiger partial charge in [0.05, 0.1) is 16.6 Å². The molecule has 0 radical (unpaired) electrons. The second-order valence-corrected chi connectivity index (χ2v) is 10.0. The van der Waals surface area contributed by atoms with Gasteiger partial charge in [-0.1, -0.05) is 116 Å². The van der Waals surface area contributed by atoms with Crippen LogP contribution >= 0.6 is 11.6 Å². The van der Waals surface area contributed by atoms with E-state index in [1.807, 2.05) is 44.3 Å². The van der Waals surface area contributed by atoms with Crippen molar-refractivity contribution in [1.29, 1.82) is 0 Å². The fourth-order valence-electron chi connectivity index (χ4n) is 5.25. The van der Waals surface area contributed by atoms with Gasteiger partial charge in [0.2, 0.25) is 0 Å². The molecule has 0 saturated heterocycles. The van der Waals surface area contributed by atoms with Gasteiger partial charge in [-0.05, 0) is 36.6 Å². The molecule has 41 heavy (non-hydrogen) atoms. The summed E-state index contributed by atoms with van der Waals surface area (Å²) in [5.41, 5.74) is 4.65. The highest BCUT2D eigenvalue weighted by Gasteiger charge is 2.41. The van der Waals surface area contributed by atoms with Crippen LogP contribution in [0, 0.1) is 0 Å². The molecule has 0 atom stereocenters. The molecule has 0 aliphatic rings. The van der Waals surface area contributed by atoms with Gasteiger partial charge in [-0.15, -0.1) is 0 Å². The number of aromatic nitrogens is 5. The number of halogens is 1. The first-order valence-corrected chi connectivity index (χ1v) is 14.3. The molecule has 0 aliphatic carbocycles. The van der Waals surface area contributed by atoms with Gasteiger partial charge in [-0.25, -0.2) is 19.6 Å². The Kier molecular flexibility index (Phi) is 8.41. The Bertz CT molecular complexity index is 1620. The maximum Gasteiger partial charge on any atom is 0.138 e. The van der Waals surface area contributed by atoms with Gasteiger partial charge in [0.25, 0.3) is 0 Å². The normalized spacial score (nSPS) is 11.3. The molecule has 6 nitrogen and oxygen atoms in total. The lowest BCUT2D eigenvalue weighted by molar-refractivity contribution is 0.477. The Morgan fingerprint density at radius 2 is 1.27 bits per heavy atom. The second kappa shape index (κ2) is 12.3. The highest BCUT2D eigenvalue weighted by atomic mass is 35.5. The predicted octanol–water partition coefficient (Wildman–Crippen LogP) is 8.23. The molecule has 0 fully saturated rings. The maximum atomic E-state index is 6.34. The third kappa shape index (κ3) is 5.19. The number of fused-ring (bicyclic) bond motifs is 1. The van der Waals surface area contributed by atoms with Crippen LogP contribution < -0.4 is 5.32 Å². The summed E-state index contributed by atoms with van der Waals surface area (Å²) in [6.45, 7) is 8.18. The summed E-state index contributed by atoms with van der Waals surface area (Å²) < 4.78 is 2.11. The van der Waals surface area contributed by atoms with Crippen LogP contribution in [-0.2, 0) is 5.54 Å². The third-order valence-corrected chi connectivity index (χ3v) is 6.99. The average Bonchev–Trinajstić information content (AvgIpc) is 3.41. The largest absolute Gasteiger partial charge is 0.367 e. The van der Waals surface area contributed by atoms with Gasteiger partial charge in [-0.3, -0.25) is 0 Å². The number of nitrogens with zero attached hydrogens (tertiary/aromatic N) is 5. The summed E-state index contributed by atoms with van der Waals surface area (Å²) in [5, 5.41) is 10.1. The molecular formula is C34H33ClN6. The molecule has 0 amide bonds. The average molecular weight is 561 g/mol. The van der Waals surface area contributed by atoms with Crippen molar-refractivity contribution in [3.63, 3.8) is 0 Å². The van der Waals surface area contributed by atoms with E-state index in [9.17, 15) is 0 Å². The summed E-state index contributed by atoms with van der Waals surface area (Å²) in [4.78, 5) is 13.4. The zero-order valence-electron chi connectivity index (χ0n) is 23.7. The fraction of sp³-hybridized carbons (Fsp3) is 0.176. The van der Waals surface area contributed by atoms with Crippen molar-refractivity contribution in [1.82, 2.24) is 24.7 Å². The van der Waals surface area contributed by atoms with Crippen LogP contribution in [0.1, 0.15) is 44.4 Å². The molecule has 0 unspecified atom stereocenters. The van der Waals surface area contributed by atoms with E-state index in [4.69, 9.17) is 21.7 Å². The van der Waals surface area contributed by atoms with Gasteiger partial charge in [-0.2, -0.15) is 5.10 Å². The van der Waals surface area contributed by atoms with Crippen molar-refractivity contribution in [2.24, 2.45) is 0 Å². The molecule has 6 aromatic rings. The van der Waals surface area contributed by atoms with Crippen molar-refractivity contribution in [3.05, 3.63) is 137 Å². The molecule has 6 rings (SSSR count). The minimum Gasteiger partial charge on any atom is -0.367 e. The van der Waals surface area contributed by atoms with Crippen molar-refractivity contribution in [3.8, 4) is 11.4 Å². The van der Waals surface area contributed by atoms with Gasteiger partial charge in [0.1, 0.15) is 28.5 Å². The lowest BCUT2D eigenvalue weighted by Gasteiger charge is -2.37. The van der Waals surface area contributed by atoms with E-state index in [-0.39, 0.29) is 6.04 Å².